The fourth-order valence-corrected chi connectivity index (χ4v) is 4.55. The molecule has 0 spiro atoms. The summed E-state index contributed by atoms with van der Waals surface area (Å²) in [6.07, 6.45) is 0. The number of hydrogen-bond acceptors (Lipinski definition) is 1. The van der Waals surface area contributed by atoms with Crippen molar-refractivity contribution in [2.45, 2.75) is 19.9 Å². The summed E-state index contributed by atoms with van der Waals surface area (Å²) >= 11 is 0. The number of carbonyl (C=O) groups excluding carboxylic acids is 1. The maximum atomic E-state index is 15.0. The van der Waals surface area contributed by atoms with Gasteiger partial charge in [-0.05, 0) is 49.2 Å². The SMILES string of the molecule is Cc1ccc(N2C(=O)c3ccccc3C2c2c(C)n(C)c3ccccc23)c(F)c1. The Hall–Kier alpha value is -3.40. The summed E-state index contributed by atoms with van der Waals surface area (Å²) < 4.78 is 17.1. The van der Waals surface area contributed by atoms with Crippen LogP contribution in [0.2, 0.25) is 0 Å². The number of halogens is 1. The summed E-state index contributed by atoms with van der Waals surface area (Å²) in [6, 6.07) is 20.4. The molecule has 0 radical (unpaired) electrons. The number of hydrogen-bond donors (Lipinski definition) is 0. The second-order valence-electron chi connectivity index (χ2n) is 7.70. The van der Waals surface area contributed by atoms with Crippen LogP contribution >= 0.6 is 0 Å². The van der Waals surface area contributed by atoms with Crippen LogP contribution in [0.15, 0.2) is 66.7 Å². The molecule has 1 aliphatic rings. The Balaban J connectivity index is 1.83. The third kappa shape index (κ3) is 2.45. The molecule has 0 saturated heterocycles. The Kier molecular flexibility index (Phi) is 3.85. The molecule has 144 valence electrons. The van der Waals surface area contributed by atoms with Crippen molar-refractivity contribution in [1.29, 1.82) is 0 Å². The summed E-state index contributed by atoms with van der Waals surface area (Å²) in [7, 11) is 2.03. The number of rotatable bonds is 2. The first-order chi connectivity index (χ1) is 14.0. The molecule has 0 bridgehead atoms. The zero-order valence-corrected chi connectivity index (χ0v) is 16.6. The number of carbonyl (C=O) groups is 1. The van der Waals surface area contributed by atoms with Crippen molar-refractivity contribution in [3.05, 3.63) is 100 Å². The highest BCUT2D eigenvalue weighted by atomic mass is 19.1. The molecule has 0 fully saturated rings. The van der Waals surface area contributed by atoms with Gasteiger partial charge in [-0.2, -0.15) is 0 Å². The molecule has 4 heteroatoms. The van der Waals surface area contributed by atoms with Crippen molar-refractivity contribution >= 4 is 22.5 Å². The number of nitrogens with zero attached hydrogens (tertiary/aromatic N) is 2. The van der Waals surface area contributed by atoms with Crippen LogP contribution in [0.25, 0.3) is 10.9 Å². The number of para-hydroxylation sites is 1. The van der Waals surface area contributed by atoms with E-state index in [4.69, 9.17) is 0 Å². The van der Waals surface area contributed by atoms with Crippen LogP contribution in [0.5, 0.6) is 0 Å². The number of aromatic nitrogens is 1. The lowest BCUT2D eigenvalue weighted by Gasteiger charge is -2.27. The highest BCUT2D eigenvalue weighted by Gasteiger charge is 2.41. The molecule has 3 aromatic carbocycles. The predicted molar refractivity (Wildman–Crippen MR) is 114 cm³/mol. The maximum Gasteiger partial charge on any atom is 0.259 e. The Morgan fingerprint density at radius 3 is 2.45 bits per heavy atom. The third-order valence-corrected chi connectivity index (χ3v) is 6.05. The van der Waals surface area contributed by atoms with Crippen molar-refractivity contribution in [1.82, 2.24) is 4.57 Å². The number of fused-ring (bicyclic) bond motifs is 2. The second kappa shape index (κ2) is 6.31. The zero-order valence-electron chi connectivity index (χ0n) is 16.6. The summed E-state index contributed by atoms with van der Waals surface area (Å²) in [5.74, 6) is -0.547. The van der Waals surface area contributed by atoms with E-state index < -0.39 is 0 Å². The summed E-state index contributed by atoms with van der Waals surface area (Å²) in [5.41, 5.74) is 5.89. The van der Waals surface area contributed by atoms with Crippen molar-refractivity contribution in [3.63, 3.8) is 0 Å². The van der Waals surface area contributed by atoms with Crippen molar-refractivity contribution in [2.24, 2.45) is 7.05 Å². The molecule has 1 atom stereocenters. The standard InChI is InChI=1S/C25H21FN2O/c1-15-12-13-22(20(26)14-15)28-24(17-8-4-5-9-18(17)25(28)29)23-16(2)27(3)21-11-7-6-10-19(21)23/h4-14,24H,1-3H3. The zero-order chi connectivity index (χ0) is 20.3. The first kappa shape index (κ1) is 17.7. The molecule has 0 aliphatic carbocycles. The van der Waals surface area contributed by atoms with Crippen molar-refractivity contribution < 1.29 is 9.18 Å². The molecule has 4 aromatic rings. The van der Waals surface area contributed by atoms with Gasteiger partial charge in [0.2, 0.25) is 0 Å². The summed E-state index contributed by atoms with van der Waals surface area (Å²) in [6.45, 7) is 3.91. The largest absolute Gasteiger partial charge is 0.348 e. The highest BCUT2D eigenvalue weighted by molar-refractivity contribution is 6.12. The van der Waals surface area contributed by atoms with Crippen molar-refractivity contribution in [2.75, 3.05) is 4.90 Å². The molecule has 0 N–H and O–H groups in total. The Morgan fingerprint density at radius 2 is 1.66 bits per heavy atom. The van der Waals surface area contributed by atoms with E-state index in [0.717, 1.165) is 33.3 Å². The van der Waals surface area contributed by atoms with Gasteiger partial charge in [-0.1, -0.05) is 42.5 Å². The summed E-state index contributed by atoms with van der Waals surface area (Å²) in [4.78, 5) is 15.0. The van der Waals surface area contributed by atoms with Gasteiger partial charge in [-0.25, -0.2) is 4.39 Å². The number of benzene rings is 3. The molecule has 1 aliphatic heterocycles. The van der Waals surface area contributed by atoms with Gasteiger partial charge in [-0.3, -0.25) is 9.69 Å². The molecule has 2 heterocycles. The first-order valence-electron chi connectivity index (χ1n) is 9.71. The van der Waals surface area contributed by atoms with Gasteiger partial charge < -0.3 is 4.57 Å². The minimum absolute atomic E-state index is 0.166. The van der Waals surface area contributed by atoms with Gasteiger partial charge in [0.1, 0.15) is 5.82 Å². The van der Waals surface area contributed by atoms with Crippen LogP contribution in [0.3, 0.4) is 0 Å². The van der Waals surface area contributed by atoms with E-state index in [1.54, 1.807) is 11.0 Å². The molecule has 1 aromatic heterocycles. The molecule has 3 nitrogen and oxygen atoms in total. The number of anilines is 1. The van der Waals surface area contributed by atoms with Gasteiger partial charge in [0.15, 0.2) is 0 Å². The van der Waals surface area contributed by atoms with Crippen LogP contribution in [-0.4, -0.2) is 10.5 Å². The average molecular weight is 384 g/mol. The summed E-state index contributed by atoms with van der Waals surface area (Å²) in [5, 5.41) is 1.08. The Morgan fingerprint density at radius 1 is 0.931 bits per heavy atom. The van der Waals surface area contributed by atoms with E-state index in [2.05, 4.69) is 23.6 Å². The third-order valence-electron chi connectivity index (χ3n) is 6.05. The second-order valence-corrected chi connectivity index (χ2v) is 7.70. The molecule has 1 unspecified atom stereocenters. The van der Waals surface area contributed by atoms with Crippen LogP contribution in [0, 0.1) is 19.7 Å². The van der Waals surface area contributed by atoms with Gasteiger partial charge in [0, 0.05) is 34.8 Å². The lowest BCUT2D eigenvalue weighted by Crippen LogP contribution is -2.29. The number of amides is 1. The lowest BCUT2D eigenvalue weighted by atomic mass is 9.95. The van der Waals surface area contributed by atoms with Gasteiger partial charge >= 0.3 is 0 Å². The molecular formula is C25H21FN2O. The lowest BCUT2D eigenvalue weighted by molar-refractivity contribution is 0.0992. The molecular weight excluding hydrogens is 363 g/mol. The van der Waals surface area contributed by atoms with Crippen molar-refractivity contribution in [3.8, 4) is 0 Å². The van der Waals surface area contributed by atoms with E-state index in [0.29, 0.717) is 11.3 Å². The van der Waals surface area contributed by atoms with E-state index in [1.165, 1.54) is 6.07 Å². The maximum absolute atomic E-state index is 15.0. The molecule has 5 rings (SSSR count). The predicted octanol–water partition coefficient (Wildman–Crippen LogP) is 5.68. The van der Waals surface area contributed by atoms with Gasteiger partial charge in [0.05, 0.1) is 11.7 Å². The van der Waals surface area contributed by atoms with E-state index in [9.17, 15) is 4.79 Å². The highest BCUT2D eigenvalue weighted by Crippen LogP contribution is 2.46. The minimum Gasteiger partial charge on any atom is -0.348 e. The fraction of sp³-hybridized carbons (Fsp3) is 0.160. The van der Waals surface area contributed by atoms with Crippen LogP contribution in [-0.2, 0) is 7.05 Å². The number of aryl methyl sites for hydroxylation is 2. The normalized spacial score (nSPS) is 15.9. The van der Waals surface area contributed by atoms with Crippen LogP contribution in [0.1, 0.15) is 38.8 Å². The Bertz CT molecular complexity index is 1290. The van der Waals surface area contributed by atoms with E-state index >= 15 is 4.39 Å². The van der Waals surface area contributed by atoms with E-state index in [1.807, 2.05) is 56.4 Å². The molecule has 0 saturated carbocycles. The monoisotopic (exact) mass is 384 g/mol. The smallest absolute Gasteiger partial charge is 0.259 e. The first-order valence-corrected chi connectivity index (χ1v) is 9.71. The molecule has 1 amide bonds. The van der Waals surface area contributed by atoms with Crippen LogP contribution < -0.4 is 4.90 Å². The topological polar surface area (TPSA) is 25.2 Å². The van der Waals surface area contributed by atoms with Gasteiger partial charge in [-0.15, -0.1) is 0 Å². The fourth-order valence-electron chi connectivity index (χ4n) is 4.55. The molecule has 29 heavy (non-hydrogen) atoms. The van der Waals surface area contributed by atoms with Crippen LogP contribution in [0.4, 0.5) is 10.1 Å². The van der Waals surface area contributed by atoms with E-state index in [-0.39, 0.29) is 17.8 Å². The van der Waals surface area contributed by atoms with Gasteiger partial charge in [0.25, 0.3) is 5.91 Å². The minimum atomic E-state index is -0.381. The average Bonchev–Trinajstić information content (AvgIpc) is 3.14. The quantitative estimate of drug-likeness (QED) is 0.436. The Labute approximate surface area is 169 Å².